The molecule has 3 nitrogen and oxygen atoms in total. The second-order valence-electron chi connectivity index (χ2n) is 4.88. The summed E-state index contributed by atoms with van der Waals surface area (Å²) in [6.07, 6.45) is 3.68. The van der Waals surface area contributed by atoms with Gasteiger partial charge in [0, 0.05) is 38.9 Å². The van der Waals surface area contributed by atoms with Crippen molar-refractivity contribution >= 4 is 26.7 Å². The Labute approximate surface area is 133 Å². The van der Waals surface area contributed by atoms with Gasteiger partial charge in [0.1, 0.15) is 5.75 Å². The van der Waals surface area contributed by atoms with Crippen molar-refractivity contribution in [1.82, 2.24) is 5.32 Å². The summed E-state index contributed by atoms with van der Waals surface area (Å²) < 4.78 is 18.1. The molecule has 1 rings (SSSR count). The second kappa shape index (κ2) is 9.53. The number of rotatable bonds is 9. The number of ether oxygens (including phenoxy) is 1. The Bertz CT molecular complexity index is 440. The van der Waals surface area contributed by atoms with Crippen molar-refractivity contribution in [2.75, 3.05) is 19.4 Å². The van der Waals surface area contributed by atoms with Gasteiger partial charge in [-0.25, -0.2) is 0 Å². The lowest BCUT2D eigenvalue weighted by Crippen LogP contribution is -2.21. The highest BCUT2D eigenvalue weighted by atomic mass is 79.9. The molecule has 0 fully saturated rings. The van der Waals surface area contributed by atoms with Crippen LogP contribution in [0.4, 0.5) is 0 Å². The van der Waals surface area contributed by atoms with E-state index in [2.05, 4.69) is 34.2 Å². The first-order valence-corrected chi connectivity index (χ1v) is 9.40. The SMILES string of the molecule is CCCOc1ccc(Br)cc1CNCCC(C)S(C)=O. The summed E-state index contributed by atoms with van der Waals surface area (Å²) in [5.74, 6) is 0.940. The third kappa shape index (κ3) is 6.37. The number of benzene rings is 1. The van der Waals surface area contributed by atoms with Crippen molar-refractivity contribution in [3.8, 4) is 5.75 Å². The third-order valence-electron chi connectivity index (χ3n) is 3.09. The molecule has 0 bridgehead atoms. The van der Waals surface area contributed by atoms with Crippen LogP contribution in [0.1, 0.15) is 32.3 Å². The number of nitrogens with one attached hydrogen (secondary N) is 1. The molecule has 0 aliphatic heterocycles. The molecule has 1 aromatic carbocycles. The molecule has 1 N–H and O–H groups in total. The Morgan fingerprint density at radius 3 is 2.85 bits per heavy atom. The van der Waals surface area contributed by atoms with Crippen molar-refractivity contribution in [1.29, 1.82) is 0 Å². The summed E-state index contributed by atoms with van der Waals surface area (Å²) in [6.45, 7) is 6.48. The van der Waals surface area contributed by atoms with Gasteiger partial charge in [-0.2, -0.15) is 0 Å². The summed E-state index contributed by atoms with van der Waals surface area (Å²) >= 11 is 3.49. The fourth-order valence-corrected chi connectivity index (χ4v) is 2.59. The summed E-state index contributed by atoms with van der Waals surface area (Å²) in [5, 5.41) is 3.63. The zero-order valence-electron chi connectivity index (χ0n) is 12.4. The second-order valence-corrected chi connectivity index (χ2v) is 7.59. The third-order valence-corrected chi connectivity index (χ3v) is 4.96. The van der Waals surface area contributed by atoms with Gasteiger partial charge in [0.05, 0.1) is 6.61 Å². The van der Waals surface area contributed by atoms with Crippen LogP contribution in [0.3, 0.4) is 0 Å². The quantitative estimate of drug-likeness (QED) is 0.684. The maximum atomic E-state index is 11.3. The minimum Gasteiger partial charge on any atom is -0.493 e. The van der Waals surface area contributed by atoms with Crippen LogP contribution in [-0.2, 0) is 17.3 Å². The molecule has 0 amide bonds. The predicted octanol–water partition coefficient (Wildman–Crippen LogP) is 3.48. The highest BCUT2D eigenvalue weighted by Crippen LogP contribution is 2.23. The zero-order valence-corrected chi connectivity index (χ0v) is 14.9. The molecule has 0 saturated heterocycles. The van der Waals surface area contributed by atoms with E-state index < -0.39 is 10.8 Å². The predicted molar refractivity (Wildman–Crippen MR) is 89.8 cm³/mol. The average Bonchev–Trinajstić information content (AvgIpc) is 2.42. The molecular formula is C15H24BrNO2S. The highest BCUT2D eigenvalue weighted by Gasteiger charge is 2.07. The van der Waals surface area contributed by atoms with Crippen LogP contribution in [-0.4, -0.2) is 28.9 Å². The minimum absolute atomic E-state index is 0.237. The van der Waals surface area contributed by atoms with Gasteiger partial charge in [-0.15, -0.1) is 0 Å². The van der Waals surface area contributed by atoms with Gasteiger partial charge in [-0.05, 0) is 37.6 Å². The fraction of sp³-hybridized carbons (Fsp3) is 0.600. The van der Waals surface area contributed by atoms with E-state index in [0.717, 1.165) is 48.3 Å². The first-order valence-electron chi connectivity index (χ1n) is 6.98. The van der Waals surface area contributed by atoms with Gasteiger partial charge >= 0.3 is 0 Å². The normalized spacial score (nSPS) is 14.0. The molecule has 1 aromatic rings. The molecule has 2 atom stereocenters. The monoisotopic (exact) mass is 361 g/mol. The summed E-state index contributed by atoms with van der Waals surface area (Å²) in [4.78, 5) is 0. The van der Waals surface area contributed by atoms with Crippen molar-refractivity contribution < 1.29 is 8.95 Å². The molecule has 114 valence electrons. The molecule has 0 spiro atoms. The largest absolute Gasteiger partial charge is 0.493 e. The molecule has 2 unspecified atom stereocenters. The molecule has 0 aromatic heterocycles. The number of halogens is 1. The van der Waals surface area contributed by atoms with Crippen LogP contribution in [0.5, 0.6) is 5.75 Å². The van der Waals surface area contributed by atoms with Gasteiger partial charge < -0.3 is 10.1 Å². The Balaban J connectivity index is 2.49. The Morgan fingerprint density at radius 2 is 2.20 bits per heavy atom. The molecule has 0 radical (unpaired) electrons. The van der Waals surface area contributed by atoms with Gasteiger partial charge in [0.15, 0.2) is 0 Å². The lowest BCUT2D eigenvalue weighted by molar-refractivity contribution is 0.313. The minimum atomic E-state index is -0.743. The van der Waals surface area contributed by atoms with Gasteiger partial charge in [0.25, 0.3) is 0 Å². The molecule has 0 saturated carbocycles. The summed E-state index contributed by atoms with van der Waals surface area (Å²) in [5.41, 5.74) is 1.15. The van der Waals surface area contributed by atoms with E-state index in [4.69, 9.17) is 4.74 Å². The van der Waals surface area contributed by atoms with Crippen LogP contribution in [0.2, 0.25) is 0 Å². The van der Waals surface area contributed by atoms with Crippen LogP contribution >= 0.6 is 15.9 Å². The van der Waals surface area contributed by atoms with Crippen molar-refractivity contribution in [2.45, 2.75) is 38.5 Å². The molecule has 5 heteroatoms. The number of hydrogen-bond acceptors (Lipinski definition) is 3. The van der Waals surface area contributed by atoms with Crippen LogP contribution in [0, 0.1) is 0 Å². The molecule has 20 heavy (non-hydrogen) atoms. The van der Waals surface area contributed by atoms with E-state index in [1.54, 1.807) is 6.26 Å². The van der Waals surface area contributed by atoms with Gasteiger partial charge in [-0.3, -0.25) is 4.21 Å². The van der Waals surface area contributed by atoms with E-state index in [0.29, 0.717) is 0 Å². The standard InChI is InChI=1S/C15H24BrNO2S/c1-4-9-19-15-6-5-14(16)10-13(15)11-17-8-7-12(2)20(3)18/h5-6,10,12,17H,4,7-9,11H2,1-3H3. The van der Waals surface area contributed by atoms with Crippen molar-refractivity contribution in [3.05, 3.63) is 28.2 Å². The van der Waals surface area contributed by atoms with E-state index in [9.17, 15) is 4.21 Å². The van der Waals surface area contributed by atoms with Gasteiger partial charge in [0.2, 0.25) is 0 Å². The maximum absolute atomic E-state index is 11.3. The highest BCUT2D eigenvalue weighted by molar-refractivity contribution is 9.10. The average molecular weight is 362 g/mol. The Morgan fingerprint density at radius 1 is 1.45 bits per heavy atom. The fourth-order valence-electron chi connectivity index (χ4n) is 1.73. The summed E-state index contributed by atoms with van der Waals surface area (Å²) in [6, 6.07) is 6.08. The van der Waals surface area contributed by atoms with Crippen LogP contribution in [0.15, 0.2) is 22.7 Å². The maximum Gasteiger partial charge on any atom is 0.123 e. The number of hydrogen-bond donors (Lipinski definition) is 1. The molecule has 0 heterocycles. The van der Waals surface area contributed by atoms with Gasteiger partial charge in [-0.1, -0.05) is 29.8 Å². The van der Waals surface area contributed by atoms with Crippen molar-refractivity contribution in [3.63, 3.8) is 0 Å². The molecule has 0 aliphatic carbocycles. The van der Waals surface area contributed by atoms with E-state index >= 15 is 0 Å². The topological polar surface area (TPSA) is 38.3 Å². The molecular weight excluding hydrogens is 338 g/mol. The van der Waals surface area contributed by atoms with E-state index in [-0.39, 0.29) is 5.25 Å². The zero-order chi connectivity index (χ0) is 15.0. The molecule has 0 aliphatic rings. The first kappa shape index (κ1) is 17.7. The van der Waals surface area contributed by atoms with Crippen LogP contribution in [0.25, 0.3) is 0 Å². The lowest BCUT2D eigenvalue weighted by atomic mass is 10.2. The summed E-state index contributed by atoms with van der Waals surface area (Å²) in [7, 11) is -0.743. The Hall–Kier alpha value is -0.390. The van der Waals surface area contributed by atoms with E-state index in [1.165, 1.54) is 0 Å². The van der Waals surface area contributed by atoms with E-state index in [1.807, 2.05) is 19.1 Å². The smallest absolute Gasteiger partial charge is 0.123 e. The van der Waals surface area contributed by atoms with Crippen LogP contribution < -0.4 is 10.1 Å². The lowest BCUT2D eigenvalue weighted by Gasteiger charge is -2.13. The Kier molecular flexibility index (Phi) is 8.41. The van der Waals surface area contributed by atoms with Crippen molar-refractivity contribution in [2.24, 2.45) is 0 Å². The first-order chi connectivity index (χ1) is 9.54.